The molecule has 1 aromatic rings. The van der Waals surface area contributed by atoms with E-state index in [0.29, 0.717) is 43.8 Å². The van der Waals surface area contributed by atoms with Gasteiger partial charge in [-0.05, 0) is 18.8 Å². The Labute approximate surface area is 138 Å². The van der Waals surface area contributed by atoms with Crippen LogP contribution in [0.3, 0.4) is 0 Å². The molecule has 3 rings (SSSR count). The molecule has 0 aromatic carbocycles. The molecule has 126 valence electrons. The molecule has 23 heavy (non-hydrogen) atoms. The van der Waals surface area contributed by atoms with Crippen molar-refractivity contribution in [1.29, 1.82) is 0 Å². The van der Waals surface area contributed by atoms with E-state index in [1.165, 1.54) is 11.3 Å². The first-order valence-corrected chi connectivity index (χ1v) is 8.65. The van der Waals surface area contributed by atoms with E-state index in [0.717, 1.165) is 12.8 Å². The van der Waals surface area contributed by atoms with Crippen LogP contribution < -0.4 is 5.32 Å². The number of hydrogen-bond donors (Lipinski definition) is 1. The van der Waals surface area contributed by atoms with Gasteiger partial charge in [-0.25, -0.2) is 0 Å². The zero-order chi connectivity index (χ0) is 16.2. The Morgan fingerprint density at radius 3 is 2.70 bits per heavy atom. The van der Waals surface area contributed by atoms with E-state index in [4.69, 9.17) is 4.74 Å². The number of nitrogens with one attached hydrogen (secondary N) is 1. The van der Waals surface area contributed by atoms with Crippen molar-refractivity contribution in [1.82, 2.24) is 20.0 Å². The molecular formula is C14H21N5O3S. The summed E-state index contributed by atoms with van der Waals surface area (Å²) in [4.78, 5) is 28.3. The molecule has 1 atom stereocenters. The van der Waals surface area contributed by atoms with Crippen molar-refractivity contribution >= 4 is 28.3 Å². The van der Waals surface area contributed by atoms with Crippen molar-refractivity contribution in [2.75, 3.05) is 45.2 Å². The average molecular weight is 339 g/mol. The van der Waals surface area contributed by atoms with Gasteiger partial charge in [-0.15, -0.1) is 10.2 Å². The first kappa shape index (κ1) is 16.3. The molecule has 9 heteroatoms. The molecular weight excluding hydrogens is 318 g/mol. The third kappa shape index (κ3) is 4.24. The fraction of sp³-hybridized carbons (Fsp3) is 0.714. The van der Waals surface area contributed by atoms with E-state index in [1.807, 2.05) is 9.80 Å². The van der Waals surface area contributed by atoms with Gasteiger partial charge in [0.25, 0.3) is 5.91 Å². The molecule has 8 nitrogen and oxygen atoms in total. The number of amides is 2. The summed E-state index contributed by atoms with van der Waals surface area (Å²) < 4.78 is 5.36. The summed E-state index contributed by atoms with van der Waals surface area (Å²) in [6, 6.07) is 0. The topological polar surface area (TPSA) is 87.7 Å². The number of hydrogen-bond acceptors (Lipinski definition) is 7. The first-order chi connectivity index (χ1) is 11.2. The lowest BCUT2D eigenvalue weighted by molar-refractivity contribution is -0.145. The molecule has 0 radical (unpaired) electrons. The molecule has 1 aliphatic heterocycles. The highest BCUT2D eigenvalue weighted by molar-refractivity contribution is 7.13. The Hall–Kier alpha value is -1.58. The smallest absolute Gasteiger partial charge is 0.252 e. The first-order valence-electron chi connectivity index (χ1n) is 7.77. The van der Waals surface area contributed by atoms with Crippen LogP contribution >= 0.6 is 11.3 Å². The third-order valence-electron chi connectivity index (χ3n) is 4.21. The number of rotatable bonds is 6. The Morgan fingerprint density at radius 2 is 2.13 bits per heavy atom. The summed E-state index contributed by atoms with van der Waals surface area (Å²) in [6.45, 7) is 2.96. The van der Waals surface area contributed by atoms with Crippen molar-refractivity contribution in [3.8, 4) is 0 Å². The Bertz CT molecular complexity index is 541. The lowest BCUT2D eigenvalue weighted by Crippen LogP contribution is -2.53. The molecule has 1 aliphatic carbocycles. The maximum atomic E-state index is 12.4. The molecule has 1 unspecified atom stereocenters. The quantitative estimate of drug-likeness (QED) is 0.788. The lowest BCUT2D eigenvalue weighted by atomic mass is 10.2. The summed E-state index contributed by atoms with van der Waals surface area (Å²) in [5, 5.41) is 10.7. The normalized spacial score (nSPS) is 20.3. The zero-order valence-corrected chi connectivity index (χ0v) is 13.9. The van der Waals surface area contributed by atoms with Crippen molar-refractivity contribution in [2.45, 2.75) is 18.9 Å². The van der Waals surface area contributed by atoms with Gasteiger partial charge in [0.15, 0.2) is 0 Å². The second-order valence-electron chi connectivity index (χ2n) is 5.89. The molecule has 2 amide bonds. The van der Waals surface area contributed by atoms with Gasteiger partial charge in [-0.2, -0.15) is 0 Å². The summed E-state index contributed by atoms with van der Waals surface area (Å²) in [7, 11) is 1.61. The maximum absolute atomic E-state index is 12.4. The van der Waals surface area contributed by atoms with Crippen LogP contribution in [0.5, 0.6) is 0 Å². The predicted octanol–water partition coefficient (Wildman–Crippen LogP) is 0.0458. The van der Waals surface area contributed by atoms with Crippen molar-refractivity contribution in [3.63, 3.8) is 0 Å². The zero-order valence-electron chi connectivity index (χ0n) is 13.1. The predicted molar refractivity (Wildman–Crippen MR) is 85.1 cm³/mol. The SMILES string of the molecule is COC(C(=O)N1CCN(CC(=O)Nc2nncs2)CC1)C1CC1. The highest BCUT2D eigenvalue weighted by Crippen LogP contribution is 2.35. The van der Waals surface area contributed by atoms with Crippen molar-refractivity contribution in [3.05, 3.63) is 5.51 Å². The number of nitrogens with zero attached hydrogens (tertiary/aromatic N) is 4. The van der Waals surface area contributed by atoms with Crippen LogP contribution in [-0.2, 0) is 14.3 Å². The number of carbonyl (C=O) groups excluding carboxylic acids is 2. The number of piperazine rings is 1. The van der Waals surface area contributed by atoms with Crippen LogP contribution in [0.4, 0.5) is 5.13 Å². The minimum atomic E-state index is -0.290. The van der Waals surface area contributed by atoms with Gasteiger partial charge in [0.05, 0.1) is 6.54 Å². The van der Waals surface area contributed by atoms with Gasteiger partial charge < -0.3 is 9.64 Å². The highest BCUT2D eigenvalue weighted by Gasteiger charge is 2.39. The Balaban J connectivity index is 1.43. The number of ether oxygens (including phenoxy) is 1. The van der Waals surface area contributed by atoms with Gasteiger partial charge in [0.1, 0.15) is 11.6 Å². The van der Waals surface area contributed by atoms with Crippen LogP contribution in [0, 0.1) is 5.92 Å². The minimum absolute atomic E-state index is 0.0907. The van der Waals surface area contributed by atoms with E-state index in [1.54, 1.807) is 12.6 Å². The minimum Gasteiger partial charge on any atom is -0.371 e. The van der Waals surface area contributed by atoms with Crippen LogP contribution in [0.2, 0.25) is 0 Å². The van der Waals surface area contributed by atoms with Gasteiger partial charge in [-0.3, -0.25) is 19.8 Å². The summed E-state index contributed by atoms with van der Waals surface area (Å²) in [5.41, 5.74) is 1.58. The number of anilines is 1. The van der Waals surface area contributed by atoms with E-state index < -0.39 is 0 Å². The molecule has 2 heterocycles. The molecule has 1 aromatic heterocycles. The largest absolute Gasteiger partial charge is 0.371 e. The fourth-order valence-electron chi connectivity index (χ4n) is 2.79. The summed E-state index contributed by atoms with van der Waals surface area (Å²) in [5.74, 6) is 0.380. The molecule has 2 fully saturated rings. The van der Waals surface area contributed by atoms with Crippen molar-refractivity contribution in [2.24, 2.45) is 5.92 Å². The summed E-state index contributed by atoms with van der Waals surface area (Å²) in [6.07, 6.45) is 1.87. The molecule has 2 aliphatic rings. The monoisotopic (exact) mass is 339 g/mol. The van der Waals surface area contributed by atoms with Gasteiger partial charge >= 0.3 is 0 Å². The maximum Gasteiger partial charge on any atom is 0.252 e. The van der Waals surface area contributed by atoms with Crippen LogP contribution in [0.15, 0.2) is 5.51 Å². The fourth-order valence-corrected chi connectivity index (χ4v) is 3.25. The Kier molecular flexibility index (Phi) is 5.19. The second-order valence-corrected chi connectivity index (χ2v) is 6.72. The molecule has 0 spiro atoms. The highest BCUT2D eigenvalue weighted by atomic mass is 32.1. The molecule has 1 saturated carbocycles. The molecule has 1 saturated heterocycles. The average Bonchev–Trinajstić information content (AvgIpc) is 3.25. The van der Waals surface area contributed by atoms with Crippen LogP contribution in [0.25, 0.3) is 0 Å². The van der Waals surface area contributed by atoms with Gasteiger partial charge in [0.2, 0.25) is 11.0 Å². The van der Waals surface area contributed by atoms with Crippen LogP contribution in [0.1, 0.15) is 12.8 Å². The van der Waals surface area contributed by atoms with E-state index >= 15 is 0 Å². The van der Waals surface area contributed by atoms with E-state index in [9.17, 15) is 9.59 Å². The van der Waals surface area contributed by atoms with E-state index in [2.05, 4.69) is 15.5 Å². The number of carbonyl (C=O) groups is 2. The molecule has 0 bridgehead atoms. The van der Waals surface area contributed by atoms with Gasteiger partial charge in [0, 0.05) is 33.3 Å². The van der Waals surface area contributed by atoms with E-state index in [-0.39, 0.29) is 17.9 Å². The number of methoxy groups -OCH3 is 1. The second kappa shape index (κ2) is 7.33. The number of aromatic nitrogens is 2. The lowest BCUT2D eigenvalue weighted by Gasteiger charge is -2.35. The molecule has 1 N–H and O–H groups in total. The third-order valence-corrected chi connectivity index (χ3v) is 4.81. The van der Waals surface area contributed by atoms with Crippen LogP contribution in [-0.4, -0.2) is 77.7 Å². The standard InChI is InChI=1S/C14H21N5O3S/c1-22-12(10-2-3-10)13(21)19-6-4-18(5-7-19)8-11(20)16-14-17-15-9-23-14/h9-10,12H,2-8H2,1H3,(H,16,17,20). The Morgan fingerprint density at radius 1 is 1.39 bits per heavy atom. The summed E-state index contributed by atoms with van der Waals surface area (Å²) >= 11 is 1.29. The van der Waals surface area contributed by atoms with Crippen molar-refractivity contribution < 1.29 is 14.3 Å². The van der Waals surface area contributed by atoms with Gasteiger partial charge in [-0.1, -0.05) is 11.3 Å².